The third-order valence-electron chi connectivity index (χ3n) is 2.83. The van der Waals surface area contributed by atoms with Gasteiger partial charge in [0.1, 0.15) is 0 Å². The van der Waals surface area contributed by atoms with E-state index in [9.17, 15) is 4.79 Å². The van der Waals surface area contributed by atoms with Gasteiger partial charge in [-0.15, -0.1) is 0 Å². The second kappa shape index (κ2) is 4.65. The van der Waals surface area contributed by atoms with Gasteiger partial charge >= 0.3 is 0 Å². The van der Waals surface area contributed by atoms with Gasteiger partial charge in [0.25, 0.3) is 5.56 Å². The van der Waals surface area contributed by atoms with Crippen LogP contribution in [0.15, 0.2) is 10.9 Å². The summed E-state index contributed by atoms with van der Waals surface area (Å²) in [5, 5.41) is 0. The quantitative estimate of drug-likeness (QED) is 0.641. The summed E-state index contributed by atoms with van der Waals surface area (Å²) in [6.07, 6.45) is 1.06. The lowest BCUT2D eigenvalue weighted by Crippen LogP contribution is -2.22. The van der Waals surface area contributed by atoms with Crippen LogP contribution in [0.25, 0.3) is 0 Å². The van der Waals surface area contributed by atoms with Crippen LogP contribution in [0, 0.1) is 19.8 Å². The van der Waals surface area contributed by atoms with E-state index >= 15 is 0 Å². The van der Waals surface area contributed by atoms with Gasteiger partial charge in [-0.2, -0.15) is 0 Å². The Morgan fingerprint density at radius 1 is 1.27 bits per heavy atom. The fraction of sp³-hybridized carbons (Fsp3) is 0.615. The van der Waals surface area contributed by atoms with Gasteiger partial charge in [-0.1, -0.05) is 20.8 Å². The number of hydrogen-bond acceptors (Lipinski definition) is 1. The Balaban J connectivity index is 0.000000531. The molecule has 15 heavy (non-hydrogen) atoms. The zero-order valence-corrected chi connectivity index (χ0v) is 10.4. The van der Waals surface area contributed by atoms with E-state index in [0.29, 0.717) is 5.92 Å². The van der Waals surface area contributed by atoms with Crippen molar-refractivity contribution in [1.82, 2.24) is 4.57 Å². The molecule has 0 N–H and O–H groups in total. The Morgan fingerprint density at radius 2 is 1.87 bits per heavy atom. The van der Waals surface area contributed by atoms with Crippen molar-refractivity contribution in [1.29, 1.82) is 0 Å². The van der Waals surface area contributed by atoms with Gasteiger partial charge in [0.15, 0.2) is 0 Å². The molecule has 0 amide bonds. The second-order valence-electron chi connectivity index (χ2n) is 4.18. The first-order valence-corrected chi connectivity index (χ1v) is 5.79. The summed E-state index contributed by atoms with van der Waals surface area (Å²) in [6.45, 7) is 11.1. The first-order chi connectivity index (χ1) is 7.09. The van der Waals surface area contributed by atoms with Crippen LogP contribution in [0.2, 0.25) is 0 Å². The number of rotatable bonds is 0. The topological polar surface area (TPSA) is 22.0 Å². The van der Waals surface area contributed by atoms with Crippen LogP contribution in [0.1, 0.15) is 37.6 Å². The second-order valence-corrected chi connectivity index (χ2v) is 4.18. The maximum Gasteiger partial charge on any atom is 0.253 e. The fourth-order valence-corrected chi connectivity index (χ4v) is 2.19. The highest BCUT2D eigenvalue weighted by atomic mass is 16.1. The molecule has 0 saturated heterocycles. The lowest BCUT2D eigenvalue weighted by Gasteiger charge is -2.06. The highest BCUT2D eigenvalue weighted by Crippen LogP contribution is 2.21. The number of fused-ring (bicyclic) bond motifs is 1. The highest BCUT2D eigenvalue weighted by Gasteiger charge is 2.20. The molecule has 84 valence electrons. The number of pyridine rings is 1. The average molecular weight is 207 g/mol. The van der Waals surface area contributed by atoms with E-state index in [-0.39, 0.29) is 5.56 Å². The Morgan fingerprint density at radius 3 is 2.47 bits per heavy atom. The van der Waals surface area contributed by atoms with Gasteiger partial charge in [0, 0.05) is 17.8 Å². The fourth-order valence-electron chi connectivity index (χ4n) is 2.19. The molecular formula is C13H21NO. The smallest absolute Gasteiger partial charge is 0.253 e. The minimum absolute atomic E-state index is 0.199. The molecule has 1 aromatic heterocycles. The summed E-state index contributed by atoms with van der Waals surface area (Å²) in [5.41, 5.74) is 3.57. The maximum atomic E-state index is 11.7. The molecule has 0 aliphatic carbocycles. The minimum atomic E-state index is 0.199. The van der Waals surface area contributed by atoms with Crippen LogP contribution in [0.5, 0.6) is 0 Å². The lowest BCUT2D eigenvalue weighted by molar-refractivity contribution is 0.556. The molecule has 0 spiro atoms. The van der Waals surface area contributed by atoms with E-state index in [2.05, 4.69) is 13.8 Å². The van der Waals surface area contributed by atoms with Crippen molar-refractivity contribution in [3.63, 3.8) is 0 Å². The minimum Gasteiger partial charge on any atom is -0.312 e. The summed E-state index contributed by atoms with van der Waals surface area (Å²) in [4.78, 5) is 11.7. The molecule has 1 aromatic rings. The van der Waals surface area contributed by atoms with Gasteiger partial charge in [-0.05, 0) is 37.8 Å². The van der Waals surface area contributed by atoms with Crippen molar-refractivity contribution in [3.8, 4) is 0 Å². The molecule has 2 heterocycles. The molecule has 1 unspecified atom stereocenters. The summed E-state index contributed by atoms with van der Waals surface area (Å²) in [5.74, 6) is 0.619. The average Bonchev–Trinajstić information content (AvgIpc) is 2.61. The predicted octanol–water partition coefficient (Wildman–Crippen LogP) is 2.68. The van der Waals surface area contributed by atoms with Crippen molar-refractivity contribution in [2.24, 2.45) is 5.92 Å². The van der Waals surface area contributed by atoms with Gasteiger partial charge in [-0.3, -0.25) is 4.79 Å². The molecule has 1 aliphatic rings. The number of aryl methyl sites for hydroxylation is 2. The van der Waals surface area contributed by atoms with Crippen molar-refractivity contribution in [3.05, 3.63) is 33.2 Å². The van der Waals surface area contributed by atoms with Crippen molar-refractivity contribution in [2.75, 3.05) is 0 Å². The molecule has 0 aromatic carbocycles. The molecule has 0 saturated carbocycles. The van der Waals surface area contributed by atoms with Crippen LogP contribution in [-0.4, -0.2) is 4.57 Å². The van der Waals surface area contributed by atoms with Gasteiger partial charge in [0.2, 0.25) is 0 Å². The Labute approximate surface area is 91.9 Å². The Bertz CT molecular complexity index is 404. The molecule has 0 bridgehead atoms. The predicted molar refractivity (Wildman–Crippen MR) is 64.4 cm³/mol. The van der Waals surface area contributed by atoms with E-state index < -0.39 is 0 Å². The first-order valence-electron chi connectivity index (χ1n) is 5.79. The van der Waals surface area contributed by atoms with Crippen LogP contribution in [-0.2, 0) is 13.0 Å². The van der Waals surface area contributed by atoms with E-state index in [1.807, 2.05) is 31.4 Å². The Hall–Kier alpha value is -1.05. The highest BCUT2D eigenvalue weighted by molar-refractivity contribution is 5.27. The monoisotopic (exact) mass is 207 g/mol. The summed E-state index contributed by atoms with van der Waals surface area (Å²) in [6, 6.07) is 2.01. The molecule has 0 fully saturated rings. The molecule has 1 aliphatic heterocycles. The lowest BCUT2D eigenvalue weighted by atomic mass is 10.1. The normalized spacial score (nSPS) is 18.1. The Kier molecular flexibility index (Phi) is 3.72. The van der Waals surface area contributed by atoms with Crippen molar-refractivity contribution >= 4 is 0 Å². The molecule has 1 atom stereocenters. The zero-order chi connectivity index (χ0) is 11.6. The van der Waals surface area contributed by atoms with Crippen molar-refractivity contribution in [2.45, 2.75) is 47.6 Å². The molecular weight excluding hydrogens is 186 g/mol. The maximum absolute atomic E-state index is 11.7. The van der Waals surface area contributed by atoms with E-state index in [1.54, 1.807) is 0 Å². The van der Waals surface area contributed by atoms with Crippen LogP contribution in [0.3, 0.4) is 0 Å². The van der Waals surface area contributed by atoms with E-state index in [1.165, 1.54) is 11.3 Å². The van der Waals surface area contributed by atoms with Crippen LogP contribution < -0.4 is 5.56 Å². The third-order valence-corrected chi connectivity index (χ3v) is 2.83. The third kappa shape index (κ3) is 2.14. The molecule has 2 nitrogen and oxygen atoms in total. The standard InChI is InChI=1S/C11H15NO.C2H6/c1-7-4-10-8(2)5-9(3)11(13)12(10)6-7;1-2/h5,7H,4,6H2,1-3H3;1-2H3. The van der Waals surface area contributed by atoms with Gasteiger partial charge in [0.05, 0.1) is 0 Å². The molecule has 2 rings (SSSR count). The number of aromatic nitrogens is 1. The SMILES string of the molecule is CC.Cc1cc(C)c(=O)n2c1CC(C)C2. The van der Waals surface area contributed by atoms with Crippen LogP contribution >= 0.6 is 0 Å². The molecule has 0 radical (unpaired) electrons. The number of hydrogen-bond donors (Lipinski definition) is 0. The van der Waals surface area contributed by atoms with Crippen LogP contribution in [0.4, 0.5) is 0 Å². The molecule has 2 heteroatoms. The largest absolute Gasteiger partial charge is 0.312 e. The van der Waals surface area contributed by atoms with Gasteiger partial charge < -0.3 is 4.57 Å². The van der Waals surface area contributed by atoms with E-state index in [4.69, 9.17) is 0 Å². The van der Waals surface area contributed by atoms with Gasteiger partial charge in [-0.25, -0.2) is 0 Å². The number of nitrogens with zero attached hydrogens (tertiary/aromatic N) is 1. The first kappa shape index (κ1) is 12.0. The van der Waals surface area contributed by atoms with Crippen molar-refractivity contribution < 1.29 is 0 Å². The summed E-state index contributed by atoms with van der Waals surface area (Å²) < 4.78 is 1.94. The summed E-state index contributed by atoms with van der Waals surface area (Å²) in [7, 11) is 0. The zero-order valence-electron chi connectivity index (χ0n) is 10.4. The van der Waals surface area contributed by atoms with E-state index in [0.717, 1.165) is 18.5 Å². The summed E-state index contributed by atoms with van der Waals surface area (Å²) >= 11 is 0.